The van der Waals surface area contributed by atoms with Crippen LogP contribution in [0.2, 0.25) is 0 Å². The van der Waals surface area contributed by atoms with Crippen molar-refractivity contribution < 1.29 is 0 Å². The fraction of sp³-hybridized carbons (Fsp3) is 0.533. The van der Waals surface area contributed by atoms with Crippen LogP contribution < -0.4 is 10.6 Å². The fourth-order valence-electron chi connectivity index (χ4n) is 2.12. The SMILES string of the molecule is CCC(C)c1nc(N(CC)Cc2cccs2)sc1CN. The van der Waals surface area contributed by atoms with Crippen LogP contribution in [0.3, 0.4) is 0 Å². The Morgan fingerprint density at radius 3 is 2.75 bits per heavy atom. The predicted octanol–water partition coefficient (Wildman–Crippen LogP) is 4.20. The molecule has 110 valence electrons. The lowest BCUT2D eigenvalue weighted by Crippen LogP contribution is -2.21. The van der Waals surface area contributed by atoms with Gasteiger partial charge >= 0.3 is 0 Å². The number of thiazole rings is 1. The Bertz CT molecular complexity index is 519. The van der Waals surface area contributed by atoms with Gasteiger partial charge in [-0.3, -0.25) is 0 Å². The van der Waals surface area contributed by atoms with Crippen molar-refractivity contribution in [2.24, 2.45) is 5.73 Å². The molecule has 0 spiro atoms. The first-order valence-corrected chi connectivity index (χ1v) is 8.86. The molecule has 0 amide bonds. The third-order valence-electron chi connectivity index (χ3n) is 3.56. The van der Waals surface area contributed by atoms with Crippen LogP contribution in [0.5, 0.6) is 0 Å². The maximum atomic E-state index is 5.89. The van der Waals surface area contributed by atoms with Crippen molar-refractivity contribution >= 4 is 27.8 Å². The first-order valence-electron chi connectivity index (χ1n) is 7.16. The van der Waals surface area contributed by atoms with Crippen molar-refractivity contribution in [3.63, 3.8) is 0 Å². The number of thiophene rings is 1. The number of anilines is 1. The average Bonchev–Trinajstić information content (AvgIpc) is 3.12. The lowest BCUT2D eigenvalue weighted by Gasteiger charge is -2.18. The summed E-state index contributed by atoms with van der Waals surface area (Å²) in [7, 11) is 0. The van der Waals surface area contributed by atoms with Crippen molar-refractivity contribution in [1.29, 1.82) is 0 Å². The zero-order valence-corrected chi connectivity index (χ0v) is 14.1. The van der Waals surface area contributed by atoms with Gasteiger partial charge in [-0.15, -0.1) is 22.7 Å². The second kappa shape index (κ2) is 7.20. The molecule has 0 aliphatic heterocycles. The minimum atomic E-state index is 0.485. The molecule has 3 nitrogen and oxygen atoms in total. The number of rotatable bonds is 7. The van der Waals surface area contributed by atoms with Gasteiger partial charge in [0.25, 0.3) is 0 Å². The second-order valence-corrected chi connectivity index (χ2v) is 7.01. The van der Waals surface area contributed by atoms with Crippen molar-refractivity contribution in [2.75, 3.05) is 11.4 Å². The van der Waals surface area contributed by atoms with Gasteiger partial charge in [-0.1, -0.05) is 19.9 Å². The summed E-state index contributed by atoms with van der Waals surface area (Å²) in [6.45, 7) is 9.11. The van der Waals surface area contributed by atoms with Crippen LogP contribution >= 0.6 is 22.7 Å². The molecule has 20 heavy (non-hydrogen) atoms. The van der Waals surface area contributed by atoms with E-state index >= 15 is 0 Å². The van der Waals surface area contributed by atoms with E-state index in [1.165, 1.54) is 15.4 Å². The van der Waals surface area contributed by atoms with E-state index in [0.717, 1.165) is 24.6 Å². The van der Waals surface area contributed by atoms with Gasteiger partial charge < -0.3 is 10.6 Å². The normalized spacial score (nSPS) is 12.6. The molecule has 0 saturated carbocycles. The Hall–Kier alpha value is -0.910. The molecule has 0 radical (unpaired) electrons. The molecule has 2 aromatic heterocycles. The molecule has 1 unspecified atom stereocenters. The molecule has 2 heterocycles. The lowest BCUT2D eigenvalue weighted by atomic mass is 10.0. The molecule has 2 rings (SSSR count). The Kier molecular flexibility index (Phi) is 5.57. The first-order chi connectivity index (χ1) is 9.69. The molecule has 2 N–H and O–H groups in total. The zero-order valence-electron chi connectivity index (χ0n) is 12.4. The molecule has 0 aromatic carbocycles. The minimum absolute atomic E-state index is 0.485. The topological polar surface area (TPSA) is 42.2 Å². The highest BCUT2D eigenvalue weighted by molar-refractivity contribution is 7.15. The van der Waals surface area contributed by atoms with Crippen LogP contribution in [-0.4, -0.2) is 11.5 Å². The van der Waals surface area contributed by atoms with Gasteiger partial charge in [0.15, 0.2) is 5.13 Å². The van der Waals surface area contributed by atoms with Gasteiger partial charge in [0.05, 0.1) is 12.2 Å². The molecule has 0 aliphatic rings. The smallest absolute Gasteiger partial charge is 0.186 e. The Morgan fingerprint density at radius 1 is 1.40 bits per heavy atom. The quantitative estimate of drug-likeness (QED) is 0.833. The summed E-state index contributed by atoms with van der Waals surface area (Å²) in [5.41, 5.74) is 7.08. The Morgan fingerprint density at radius 2 is 2.20 bits per heavy atom. The number of nitrogens with two attached hydrogens (primary N) is 1. The van der Waals surface area contributed by atoms with E-state index in [0.29, 0.717) is 12.5 Å². The van der Waals surface area contributed by atoms with Gasteiger partial charge in [0, 0.05) is 22.8 Å². The molecule has 0 bridgehead atoms. The van der Waals surface area contributed by atoms with Crippen molar-refractivity contribution in [3.8, 4) is 0 Å². The highest BCUT2D eigenvalue weighted by atomic mass is 32.1. The molecule has 5 heteroatoms. The van der Waals surface area contributed by atoms with Gasteiger partial charge in [-0.05, 0) is 30.7 Å². The van der Waals surface area contributed by atoms with Crippen molar-refractivity contribution in [1.82, 2.24) is 4.98 Å². The molecule has 0 fully saturated rings. The van der Waals surface area contributed by atoms with E-state index < -0.39 is 0 Å². The summed E-state index contributed by atoms with van der Waals surface area (Å²) in [5.74, 6) is 0.485. The van der Waals surface area contributed by atoms with E-state index in [2.05, 4.69) is 43.2 Å². The number of aromatic nitrogens is 1. The summed E-state index contributed by atoms with van der Waals surface area (Å²) in [4.78, 5) is 9.82. The van der Waals surface area contributed by atoms with E-state index in [1.807, 2.05) is 0 Å². The first kappa shape index (κ1) is 15.5. The van der Waals surface area contributed by atoms with E-state index in [9.17, 15) is 0 Å². The van der Waals surface area contributed by atoms with Gasteiger partial charge in [-0.2, -0.15) is 0 Å². The summed E-state index contributed by atoms with van der Waals surface area (Å²) in [6.07, 6.45) is 1.10. The summed E-state index contributed by atoms with van der Waals surface area (Å²) in [6, 6.07) is 4.28. The molecular formula is C15H23N3S2. The molecule has 2 aromatic rings. The minimum Gasteiger partial charge on any atom is -0.343 e. The standard InChI is InChI=1S/C15H23N3S2/c1-4-11(3)14-13(9-16)20-15(17-14)18(5-2)10-12-7-6-8-19-12/h6-8,11H,4-5,9-10,16H2,1-3H3. The van der Waals surface area contributed by atoms with Gasteiger partial charge in [0.2, 0.25) is 0 Å². The molecule has 1 atom stereocenters. The number of hydrogen-bond donors (Lipinski definition) is 1. The van der Waals surface area contributed by atoms with E-state index in [4.69, 9.17) is 10.7 Å². The highest BCUT2D eigenvalue weighted by Gasteiger charge is 2.18. The predicted molar refractivity (Wildman–Crippen MR) is 89.8 cm³/mol. The molecule has 0 aliphatic carbocycles. The maximum Gasteiger partial charge on any atom is 0.186 e. The highest BCUT2D eigenvalue weighted by Crippen LogP contribution is 2.32. The van der Waals surface area contributed by atoms with Gasteiger partial charge in [-0.25, -0.2) is 4.98 Å². The van der Waals surface area contributed by atoms with Crippen LogP contribution in [-0.2, 0) is 13.1 Å². The van der Waals surface area contributed by atoms with Crippen LogP contribution in [0.1, 0.15) is 48.6 Å². The van der Waals surface area contributed by atoms with Crippen LogP contribution in [0.15, 0.2) is 17.5 Å². The largest absolute Gasteiger partial charge is 0.343 e. The lowest BCUT2D eigenvalue weighted by molar-refractivity contribution is 0.700. The number of hydrogen-bond acceptors (Lipinski definition) is 5. The third kappa shape index (κ3) is 3.40. The van der Waals surface area contributed by atoms with Crippen LogP contribution in [0, 0.1) is 0 Å². The summed E-state index contributed by atoms with van der Waals surface area (Å²) >= 11 is 3.55. The number of nitrogens with zero attached hydrogens (tertiary/aromatic N) is 2. The van der Waals surface area contributed by atoms with Crippen molar-refractivity contribution in [2.45, 2.75) is 46.2 Å². The summed E-state index contributed by atoms with van der Waals surface area (Å²) < 4.78 is 0. The zero-order chi connectivity index (χ0) is 14.5. The monoisotopic (exact) mass is 309 g/mol. The molecular weight excluding hydrogens is 286 g/mol. The second-order valence-electron chi connectivity index (χ2n) is 4.91. The van der Waals surface area contributed by atoms with E-state index in [-0.39, 0.29) is 0 Å². The summed E-state index contributed by atoms with van der Waals surface area (Å²) in [5, 5.41) is 3.23. The maximum absolute atomic E-state index is 5.89. The van der Waals surface area contributed by atoms with Crippen molar-refractivity contribution in [3.05, 3.63) is 33.0 Å². The van der Waals surface area contributed by atoms with E-state index in [1.54, 1.807) is 22.7 Å². The average molecular weight is 310 g/mol. The Labute approximate surface area is 129 Å². The van der Waals surface area contributed by atoms with Crippen LogP contribution in [0.4, 0.5) is 5.13 Å². The Balaban J connectivity index is 2.23. The molecule has 0 saturated heterocycles. The van der Waals surface area contributed by atoms with Crippen LogP contribution in [0.25, 0.3) is 0 Å². The third-order valence-corrected chi connectivity index (χ3v) is 5.58. The fourth-order valence-corrected chi connectivity index (χ4v) is 3.96. The van der Waals surface area contributed by atoms with Gasteiger partial charge in [0.1, 0.15) is 0 Å².